The Morgan fingerprint density at radius 2 is 1.56 bits per heavy atom. The number of amides is 1. The van der Waals surface area contributed by atoms with Gasteiger partial charge in [0.05, 0.1) is 24.4 Å². The summed E-state index contributed by atoms with van der Waals surface area (Å²) in [5.74, 6) is -0.479. The molecule has 7 heteroatoms. The topological polar surface area (TPSA) is 85.3 Å². The van der Waals surface area contributed by atoms with Crippen molar-refractivity contribution in [2.75, 3.05) is 19.7 Å². The van der Waals surface area contributed by atoms with Gasteiger partial charge in [-0.25, -0.2) is 9.59 Å². The van der Waals surface area contributed by atoms with Crippen LogP contribution in [0.4, 0.5) is 4.79 Å². The number of hydrogen-bond acceptors (Lipinski definition) is 6. The number of rotatable bonds is 6. The highest BCUT2D eigenvalue weighted by Gasteiger charge is 2.40. The minimum absolute atomic E-state index is 0.0474. The molecule has 1 aliphatic heterocycles. The van der Waals surface area contributed by atoms with Crippen molar-refractivity contribution >= 4 is 17.6 Å². The molecule has 7 nitrogen and oxygen atoms in total. The van der Waals surface area contributed by atoms with E-state index >= 15 is 0 Å². The van der Waals surface area contributed by atoms with Crippen LogP contribution in [0.5, 0.6) is 0 Å². The second-order valence-electron chi connectivity index (χ2n) is 11.5. The maximum atomic E-state index is 13.0. The number of esters is 1. The van der Waals surface area contributed by atoms with Crippen LogP contribution in [0.25, 0.3) is 5.57 Å². The number of ether oxygens (including phenoxy) is 3. The molecule has 0 aromatic heterocycles. The summed E-state index contributed by atoms with van der Waals surface area (Å²) in [4.78, 5) is 27.1. The Hall–Kier alpha value is -2.38. The van der Waals surface area contributed by atoms with Gasteiger partial charge in [-0.3, -0.25) is 0 Å². The molecule has 1 N–H and O–H groups in total. The molecule has 1 aromatic rings. The zero-order valence-corrected chi connectivity index (χ0v) is 22.8. The monoisotopic (exact) mass is 501 g/mol. The minimum atomic E-state index is -0.910. The number of nitrogens with zero attached hydrogens (tertiary/aromatic N) is 1. The SMILES string of the molecule is C=C(C(=O)O[C@]1(CO)CC[C@H](OC2CCN(C(=O)OC(C)(C)C)CC2)CC1)c1c(C)cc(C)cc1C. The zero-order valence-electron chi connectivity index (χ0n) is 22.8. The van der Waals surface area contributed by atoms with Crippen LogP contribution in [-0.4, -0.2) is 65.2 Å². The second-order valence-corrected chi connectivity index (χ2v) is 11.5. The van der Waals surface area contributed by atoms with Gasteiger partial charge in [0.1, 0.15) is 11.2 Å². The van der Waals surface area contributed by atoms with Crippen LogP contribution in [0.1, 0.15) is 81.5 Å². The lowest BCUT2D eigenvalue weighted by molar-refractivity contribution is -0.168. The summed E-state index contributed by atoms with van der Waals surface area (Å²) in [6.07, 6.45) is 3.88. The molecule has 3 rings (SSSR count). The number of benzene rings is 1. The standard InChI is InChI=1S/C29H43NO6/c1-19-16-20(2)25(21(3)17-19)22(4)26(32)35-29(18-31)12-8-23(9-13-29)34-24-10-14-30(15-11-24)27(33)36-28(5,6)7/h16-17,23-24,31H,4,8-15,18H2,1-3,5-7H3/t23-,29+. The van der Waals surface area contributed by atoms with E-state index in [9.17, 15) is 14.7 Å². The smallest absolute Gasteiger partial charge is 0.410 e. The highest BCUT2D eigenvalue weighted by molar-refractivity contribution is 6.16. The van der Waals surface area contributed by atoms with E-state index in [2.05, 4.69) is 6.58 Å². The fourth-order valence-electron chi connectivity index (χ4n) is 5.34. The first-order chi connectivity index (χ1) is 16.8. The Morgan fingerprint density at radius 1 is 1.03 bits per heavy atom. The third-order valence-corrected chi connectivity index (χ3v) is 7.15. The molecule has 1 aromatic carbocycles. The van der Waals surface area contributed by atoms with Crippen molar-refractivity contribution in [2.24, 2.45) is 0 Å². The molecule has 1 saturated carbocycles. The number of aryl methyl sites for hydroxylation is 3. The van der Waals surface area contributed by atoms with Gasteiger partial charge >= 0.3 is 12.1 Å². The van der Waals surface area contributed by atoms with E-state index in [-0.39, 0.29) is 24.9 Å². The predicted octanol–water partition coefficient (Wildman–Crippen LogP) is 5.26. The molecule has 0 spiro atoms. The van der Waals surface area contributed by atoms with Crippen LogP contribution in [0.15, 0.2) is 18.7 Å². The number of hydrogen-bond donors (Lipinski definition) is 1. The average Bonchev–Trinajstić information content (AvgIpc) is 2.79. The van der Waals surface area contributed by atoms with Gasteiger partial charge in [0.25, 0.3) is 0 Å². The lowest BCUT2D eigenvalue weighted by Crippen LogP contribution is -2.46. The molecule has 0 unspecified atom stereocenters. The quantitative estimate of drug-likeness (QED) is 0.423. The van der Waals surface area contributed by atoms with Gasteiger partial charge in [-0.2, -0.15) is 0 Å². The molecular formula is C29H43NO6. The van der Waals surface area contributed by atoms with E-state index in [4.69, 9.17) is 14.2 Å². The van der Waals surface area contributed by atoms with Crippen LogP contribution in [0.3, 0.4) is 0 Å². The van der Waals surface area contributed by atoms with Crippen LogP contribution in [-0.2, 0) is 19.0 Å². The van der Waals surface area contributed by atoms with Gasteiger partial charge in [0.15, 0.2) is 0 Å². The Bertz CT molecular complexity index is 939. The first kappa shape index (κ1) is 28.2. The Kier molecular flexibility index (Phi) is 8.88. The Labute approximate surface area is 215 Å². The molecule has 0 bridgehead atoms. The van der Waals surface area contributed by atoms with Crippen molar-refractivity contribution in [2.45, 2.75) is 103 Å². The fourth-order valence-corrected chi connectivity index (χ4v) is 5.34. The molecule has 36 heavy (non-hydrogen) atoms. The third-order valence-electron chi connectivity index (χ3n) is 7.15. The second kappa shape index (κ2) is 11.3. The van der Waals surface area contributed by atoms with Crippen LogP contribution in [0.2, 0.25) is 0 Å². The van der Waals surface area contributed by atoms with Gasteiger partial charge in [-0.05, 0) is 96.8 Å². The van der Waals surface area contributed by atoms with Gasteiger partial charge in [-0.1, -0.05) is 24.3 Å². The molecule has 0 atom stereocenters. The van der Waals surface area contributed by atoms with Crippen molar-refractivity contribution in [3.63, 3.8) is 0 Å². The van der Waals surface area contributed by atoms with Crippen molar-refractivity contribution in [1.29, 1.82) is 0 Å². The predicted molar refractivity (Wildman–Crippen MR) is 140 cm³/mol. The molecule has 1 heterocycles. The summed E-state index contributed by atoms with van der Waals surface area (Å²) >= 11 is 0. The number of aliphatic hydroxyl groups is 1. The normalized spacial score (nSPS) is 23.3. The maximum absolute atomic E-state index is 13.0. The number of piperidine rings is 1. The highest BCUT2D eigenvalue weighted by atomic mass is 16.6. The molecule has 200 valence electrons. The van der Waals surface area contributed by atoms with Gasteiger partial charge in [-0.15, -0.1) is 0 Å². The van der Waals surface area contributed by atoms with E-state index in [0.29, 0.717) is 44.3 Å². The van der Waals surface area contributed by atoms with Crippen molar-refractivity contribution in [3.8, 4) is 0 Å². The molecular weight excluding hydrogens is 458 g/mol. The van der Waals surface area contributed by atoms with Gasteiger partial charge < -0.3 is 24.2 Å². The highest BCUT2D eigenvalue weighted by Crippen LogP contribution is 2.36. The lowest BCUT2D eigenvalue weighted by Gasteiger charge is -2.40. The largest absolute Gasteiger partial charge is 0.453 e. The number of carbonyl (C=O) groups excluding carboxylic acids is 2. The summed E-state index contributed by atoms with van der Waals surface area (Å²) in [5, 5.41) is 10.2. The summed E-state index contributed by atoms with van der Waals surface area (Å²) in [6.45, 7) is 16.6. The molecule has 2 aliphatic rings. The van der Waals surface area contributed by atoms with E-state index < -0.39 is 17.2 Å². The zero-order chi connectivity index (χ0) is 26.7. The Morgan fingerprint density at radius 3 is 2.06 bits per heavy atom. The molecule has 1 aliphatic carbocycles. The third kappa shape index (κ3) is 7.10. The lowest BCUT2D eigenvalue weighted by atomic mass is 9.83. The van der Waals surface area contributed by atoms with E-state index in [1.165, 1.54) is 0 Å². The molecule has 2 fully saturated rings. The van der Waals surface area contributed by atoms with Crippen LogP contribution in [0, 0.1) is 20.8 Å². The summed E-state index contributed by atoms with van der Waals surface area (Å²) in [5.41, 5.74) is 2.84. The summed E-state index contributed by atoms with van der Waals surface area (Å²) in [7, 11) is 0. The van der Waals surface area contributed by atoms with E-state index in [1.54, 1.807) is 4.90 Å². The number of aliphatic hydroxyl groups excluding tert-OH is 1. The van der Waals surface area contributed by atoms with Crippen LogP contribution >= 0.6 is 0 Å². The summed E-state index contributed by atoms with van der Waals surface area (Å²) in [6, 6.07) is 4.06. The van der Waals surface area contributed by atoms with Crippen molar-refractivity contribution in [3.05, 3.63) is 41.0 Å². The molecule has 0 radical (unpaired) electrons. The first-order valence-corrected chi connectivity index (χ1v) is 13.1. The number of likely N-dealkylation sites (tertiary alicyclic amines) is 1. The molecule has 1 amide bonds. The van der Waals surface area contributed by atoms with E-state index in [1.807, 2.05) is 53.7 Å². The van der Waals surface area contributed by atoms with E-state index in [0.717, 1.165) is 35.1 Å². The van der Waals surface area contributed by atoms with Gasteiger partial charge in [0, 0.05) is 13.1 Å². The minimum Gasteiger partial charge on any atom is -0.453 e. The summed E-state index contributed by atoms with van der Waals surface area (Å²) < 4.78 is 17.7. The fraction of sp³-hybridized carbons (Fsp3) is 0.655. The first-order valence-electron chi connectivity index (χ1n) is 13.1. The number of carbonyl (C=O) groups is 2. The maximum Gasteiger partial charge on any atom is 0.410 e. The van der Waals surface area contributed by atoms with Crippen LogP contribution < -0.4 is 0 Å². The molecule has 1 saturated heterocycles. The van der Waals surface area contributed by atoms with Crippen molar-refractivity contribution in [1.82, 2.24) is 4.90 Å². The van der Waals surface area contributed by atoms with Crippen molar-refractivity contribution < 1.29 is 28.9 Å². The van der Waals surface area contributed by atoms with Gasteiger partial charge in [0.2, 0.25) is 0 Å². The Balaban J connectivity index is 1.50. The average molecular weight is 502 g/mol.